The van der Waals surface area contributed by atoms with Gasteiger partial charge in [0.25, 0.3) is 11.8 Å². The minimum absolute atomic E-state index is 0.0538. The van der Waals surface area contributed by atoms with E-state index in [0.717, 1.165) is 26.9 Å². The zero-order valence-corrected chi connectivity index (χ0v) is 14.7. The lowest BCUT2D eigenvalue weighted by Crippen LogP contribution is -2.53. The van der Waals surface area contributed by atoms with Crippen LogP contribution in [0.3, 0.4) is 0 Å². The monoisotopic (exact) mass is 359 g/mol. The van der Waals surface area contributed by atoms with Crippen LogP contribution in [0.2, 0.25) is 0 Å². The Morgan fingerprint density at radius 3 is 2.44 bits per heavy atom. The molecule has 4 amide bonds. The average molecular weight is 359 g/mol. The molecule has 0 atom stereocenters. The van der Waals surface area contributed by atoms with E-state index in [2.05, 4.69) is 5.32 Å². The van der Waals surface area contributed by atoms with E-state index in [0.29, 0.717) is 0 Å². The molecule has 0 aliphatic carbocycles. The summed E-state index contributed by atoms with van der Waals surface area (Å²) in [5.41, 5.74) is 2.49. The number of rotatable bonds is 3. The maximum atomic E-state index is 12.9. The number of barbiturate groups is 1. The Labute approximate surface area is 155 Å². The number of fused-ring (bicyclic) bond motifs is 1. The van der Waals surface area contributed by atoms with Crippen LogP contribution in [0.1, 0.15) is 11.1 Å². The summed E-state index contributed by atoms with van der Waals surface area (Å²) in [6.07, 6.45) is 3.40. The molecule has 1 saturated heterocycles. The van der Waals surface area contributed by atoms with Crippen LogP contribution in [0, 0.1) is 0 Å². The highest BCUT2D eigenvalue weighted by atomic mass is 16.2. The third-order valence-corrected chi connectivity index (χ3v) is 4.60. The highest BCUT2D eigenvalue weighted by molar-refractivity contribution is 6.31. The molecule has 0 unspecified atom stereocenters. The number of aromatic nitrogens is 1. The third kappa shape index (κ3) is 3.01. The predicted octanol–water partition coefficient (Wildman–Crippen LogP) is 2.84. The summed E-state index contributed by atoms with van der Waals surface area (Å²) in [5.74, 6) is -1.28. The van der Waals surface area contributed by atoms with Gasteiger partial charge in [0, 0.05) is 29.7 Å². The maximum Gasteiger partial charge on any atom is 0.331 e. The first kappa shape index (κ1) is 16.8. The summed E-state index contributed by atoms with van der Waals surface area (Å²) in [7, 11) is 1.90. The number of para-hydroxylation sites is 1. The van der Waals surface area contributed by atoms with Crippen LogP contribution in [0.15, 0.2) is 66.4 Å². The van der Waals surface area contributed by atoms with Crippen molar-refractivity contribution in [2.24, 2.45) is 7.05 Å². The van der Waals surface area contributed by atoms with Crippen LogP contribution >= 0.6 is 0 Å². The standard InChI is InChI=1S/C21H17N3O3/c1-23-13-15(16-9-5-6-10-18(16)23)11-17-19(25)22-21(27)24(20(17)26)12-14-7-3-2-4-8-14/h2-11,13H,12H2,1H3,(H,22,25,27)/b17-11-. The minimum Gasteiger partial charge on any atom is -0.350 e. The molecule has 27 heavy (non-hydrogen) atoms. The van der Waals surface area contributed by atoms with Gasteiger partial charge in [-0.25, -0.2) is 4.79 Å². The number of nitrogens with zero attached hydrogens (tertiary/aromatic N) is 2. The molecule has 1 aromatic heterocycles. The van der Waals surface area contributed by atoms with Crippen molar-refractivity contribution >= 4 is 34.8 Å². The molecular formula is C21H17N3O3. The summed E-state index contributed by atoms with van der Waals surface area (Å²) in [6.45, 7) is 0.103. The van der Waals surface area contributed by atoms with E-state index in [1.807, 2.05) is 72.4 Å². The first-order valence-electron chi connectivity index (χ1n) is 8.51. The fourth-order valence-corrected chi connectivity index (χ4v) is 3.25. The zero-order chi connectivity index (χ0) is 19.0. The number of aryl methyl sites for hydroxylation is 1. The van der Waals surface area contributed by atoms with E-state index >= 15 is 0 Å². The van der Waals surface area contributed by atoms with Gasteiger partial charge in [-0.15, -0.1) is 0 Å². The summed E-state index contributed by atoms with van der Waals surface area (Å²) in [6, 6.07) is 16.2. The second-order valence-corrected chi connectivity index (χ2v) is 6.41. The summed E-state index contributed by atoms with van der Waals surface area (Å²) >= 11 is 0. The number of carbonyl (C=O) groups excluding carboxylic acids is 3. The first-order chi connectivity index (χ1) is 13.0. The Morgan fingerprint density at radius 1 is 0.963 bits per heavy atom. The van der Waals surface area contributed by atoms with E-state index in [4.69, 9.17) is 0 Å². The highest BCUT2D eigenvalue weighted by Crippen LogP contribution is 2.24. The van der Waals surface area contributed by atoms with Crippen LogP contribution in [-0.4, -0.2) is 27.3 Å². The van der Waals surface area contributed by atoms with Crippen LogP contribution in [0.25, 0.3) is 17.0 Å². The number of amides is 4. The van der Waals surface area contributed by atoms with Gasteiger partial charge in [0.1, 0.15) is 5.57 Å². The normalized spacial score (nSPS) is 16.3. The van der Waals surface area contributed by atoms with Crippen molar-refractivity contribution in [3.8, 4) is 0 Å². The van der Waals surface area contributed by atoms with E-state index in [1.165, 1.54) is 0 Å². The van der Waals surface area contributed by atoms with Crippen LogP contribution in [0.4, 0.5) is 4.79 Å². The van der Waals surface area contributed by atoms with E-state index in [1.54, 1.807) is 6.08 Å². The first-order valence-corrected chi connectivity index (χ1v) is 8.51. The highest BCUT2D eigenvalue weighted by Gasteiger charge is 2.35. The Balaban J connectivity index is 1.72. The Hall–Kier alpha value is -3.67. The van der Waals surface area contributed by atoms with E-state index in [-0.39, 0.29) is 12.1 Å². The molecule has 0 saturated carbocycles. The Morgan fingerprint density at radius 2 is 1.67 bits per heavy atom. The summed E-state index contributed by atoms with van der Waals surface area (Å²) in [4.78, 5) is 38.4. The summed E-state index contributed by atoms with van der Waals surface area (Å²) < 4.78 is 1.93. The molecule has 134 valence electrons. The van der Waals surface area contributed by atoms with Gasteiger partial charge in [-0.05, 0) is 17.7 Å². The van der Waals surface area contributed by atoms with Crippen molar-refractivity contribution in [3.05, 3.63) is 77.5 Å². The molecule has 0 bridgehead atoms. The van der Waals surface area contributed by atoms with Crippen molar-refractivity contribution < 1.29 is 14.4 Å². The van der Waals surface area contributed by atoms with E-state index < -0.39 is 17.8 Å². The predicted molar refractivity (Wildman–Crippen MR) is 101 cm³/mol. The lowest BCUT2D eigenvalue weighted by atomic mass is 10.1. The fourth-order valence-electron chi connectivity index (χ4n) is 3.25. The lowest BCUT2D eigenvalue weighted by Gasteiger charge is -2.26. The Kier molecular flexibility index (Phi) is 4.08. The molecular weight excluding hydrogens is 342 g/mol. The van der Waals surface area contributed by atoms with Gasteiger partial charge in [0.15, 0.2) is 0 Å². The second kappa shape index (κ2) is 6.57. The molecule has 2 heterocycles. The number of benzene rings is 2. The zero-order valence-electron chi connectivity index (χ0n) is 14.7. The van der Waals surface area contributed by atoms with Gasteiger partial charge < -0.3 is 4.57 Å². The van der Waals surface area contributed by atoms with Crippen LogP contribution in [-0.2, 0) is 23.2 Å². The van der Waals surface area contributed by atoms with Crippen molar-refractivity contribution in [1.82, 2.24) is 14.8 Å². The molecule has 1 N–H and O–H groups in total. The maximum absolute atomic E-state index is 12.9. The average Bonchev–Trinajstić information content (AvgIpc) is 2.99. The van der Waals surface area contributed by atoms with Gasteiger partial charge in [-0.3, -0.25) is 19.8 Å². The minimum atomic E-state index is -0.705. The smallest absolute Gasteiger partial charge is 0.331 e. The van der Waals surface area contributed by atoms with Crippen LogP contribution in [0.5, 0.6) is 0 Å². The van der Waals surface area contributed by atoms with Crippen molar-refractivity contribution in [2.75, 3.05) is 0 Å². The molecule has 2 aromatic carbocycles. The number of hydrogen-bond donors (Lipinski definition) is 1. The molecule has 3 aromatic rings. The molecule has 0 spiro atoms. The van der Waals surface area contributed by atoms with Gasteiger partial charge in [0.05, 0.1) is 6.54 Å². The van der Waals surface area contributed by atoms with Crippen molar-refractivity contribution in [1.29, 1.82) is 0 Å². The molecule has 1 aliphatic rings. The number of urea groups is 1. The van der Waals surface area contributed by atoms with Crippen LogP contribution < -0.4 is 5.32 Å². The number of hydrogen-bond acceptors (Lipinski definition) is 3. The third-order valence-electron chi connectivity index (χ3n) is 4.60. The molecule has 1 fully saturated rings. The van der Waals surface area contributed by atoms with Crippen molar-refractivity contribution in [3.63, 3.8) is 0 Å². The quantitative estimate of drug-likeness (QED) is 0.577. The molecule has 0 radical (unpaired) electrons. The van der Waals surface area contributed by atoms with Gasteiger partial charge in [0.2, 0.25) is 0 Å². The summed E-state index contributed by atoms with van der Waals surface area (Å²) in [5, 5.41) is 3.19. The van der Waals surface area contributed by atoms with E-state index in [9.17, 15) is 14.4 Å². The van der Waals surface area contributed by atoms with Gasteiger partial charge in [-0.2, -0.15) is 0 Å². The van der Waals surface area contributed by atoms with Crippen molar-refractivity contribution in [2.45, 2.75) is 6.54 Å². The topological polar surface area (TPSA) is 71.4 Å². The number of nitrogens with one attached hydrogen (secondary N) is 1. The molecule has 6 heteroatoms. The molecule has 1 aliphatic heterocycles. The fraction of sp³-hybridized carbons (Fsp3) is 0.0952. The Bertz CT molecular complexity index is 1100. The van der Waals surface area contributed by atoms with Gasteiger partial charge >= 0.3 is 6.03 Å². The lowest BCUT2D eigenvalue weighted by molar-refractivity contribution is -0.130. The molecule has 6 nitrogen and oxygen atoms in total. The largest absolute Gasteiger partial charge is 0.350 e. The second-order valence-electron chi connectivity index (χ2n) is 6.41. The molecule has 4 rings (SSSR count). The number of carbonyl (C=O) groups is 3. The van der Waals surface area contributed by atoms with Gasteiger partial charge in [-0.1, -0.05) is 48.5 Å². The number of imide groups is 2. The SMILES string of the molecule is Cn1cc(/C=C2/C(=O)NC(=O)N(Cc3ccccc3)C2=O)c2ccccc21.